The van der Waals surface area contributed by atoms with Gasteiger partial charge in [0, 0.05) is 17.6 Å². The minimum Gasteiger partial charge on any atom is -0.322 e. The van der Waals surface area contributed by atoms with Gasteiger partial charge in [0.05, 0.1) is 4.90 Å². The van der Waals surface area contributed by atoms with Gasteiger partial charge in [-0.15, -0.1) is 0 Å². The average molecular weight is 385 g/mol. The van der Waals surface area contributed by atoms with Crippen molar-refractivity contribution in [3.63, 3.8) is 0 Å². The van der Waals surface area contributed by atoms with Gasteiger partial charge >= 0.3 is 0 Å². The van der Waals surface area contributed by atoms with Gasteiger partial charge in [0.2, 0.25) is 10.0 Å². The number of nitrogens with one attached hydrogen (secondary N) is 2. The van der Waals surface area contributed by atoms with E-state index in [4.69, 9.17) is 0 Å². The van der Waals surface area contributed by atoms with Crippen LogP contribution >= 0.6 is 0 Å². The molecule has 0 atom stereocenters. The quantitative estimate of drug-likeness (QED) is 0.683. The third-order valence-electron chi connectivity index (χ3n) is 4.66. The number of aryl methyl sites for hydroxylation is 1. The summed E-state index contributed by atoms with van der Waals surface area (Å²) >= 11 is 0. The Balaban J connectivity index is 1.68. The van der Waals surface area contributed by atoms with Gasteiger partial charge in [0.25, 0.3) is 5.56 Å². The number of aromatic amines is 1. The molecular formula is C21H24N2O3S. The van der Waals surface area contributed by atoms with Gasteiger partial charge in [-0.05, 0) is 66.1 Å². The zero-order valence-corrected chi connectivity index (χ0v) is 16.6. The first-order chi connectivity index (χ1) is 12.8. The number of fused-ring (bicyclic) bond motifs is 1. The summed E-state index contributed by atoms with van der Waals surface area (Å²) in [4.78, 5) is 14.8. The van der Waals surface area contributed by atoms with Crippen LogP contribution in [0.5, 0.6) is 0 Å². The van der Waals surface area contributed by atoms with Crippen molar-refractivity contribution in [3.05, 3.63) is 75.6 Å². The normalized spacial score (nSPS) is 12.0. The van der Waals surface area contributed by atoms with E-state index < -0.39 is 10.0 Å². The molecule has 3 rings (SSSR count). The predicted octanol–water partition coefficient (Wildman–Crippen LogP) is 3.48. The highest BCUT2D eigenvalue weighted by molar-refractivity contribution is 7.89. The number of H-pyrrole nitrogens is 1. The summed E-state index contributed by atoms with van der Waals surface area (Å²) in [7, 11) is -3.53. The van der Waals surface area contributed by atoms with E-state index >= 15 is 0 Å². The van der Waals surface area contributed by atoms with Crippen molar-refractivity contribution in [2.24, 2.45) is 0 Å². The van der Waals surface area contributed by atoms with E-state index in [9.17, 15) is 13.2 Å². The zero-order valence-electron chi connectivity index (χ0n) is 15.7. The minimum absolute atomic E-state index is 0.0912. The summed E-state index contributed by atoms with van der Waals surface area (Å²) < 4.78 is 27.5. The van der Waals surface area contributed by atoms with Crippen LogP contribution in [0.25, 0.3) is 10.9 Å². The summed E-state index contributed by atoms with van der Waals surface area (Å²) in [6.45, 7) is 6.22. The highest BCUT2D eigenvalue weighted by atomic mass is 32.2. The smallest absolute Gasteiger partial charge is 0.251 e. The van der Waals surface area contributed by atoms with Crippen molar-refractivity contribution in [2.75, 3.05) is 6.54 Å². The molecule has 0 saturated heterocycles. The van der Waals surface area contributed by atoms with Crippen molar-refractivity contribution >= 4 is 20.9 Å². The van der Waals surface area contributed by atoms with E-state index in [1.165, 1.54) is 0 Å². The zero-order chi connectivity index (χ0) is 19.6. The van der Waals surface area contributed by atoms with Crippen molar-refractivity contribution in [2.45, 2.75) is 38.0 Å². The Labute approximate surface area is 159 Å². The molecule has 0 aliphatic carbocycles. The largest absolute Gasteiger partial charge is 0.322 e. The lowest BCUT2D eigenvalue weighted by Gasteiger charge is -2.10. The molecule has 0 unspecified atom stereocenters. The second kappa shape index (κ2) is 7.66. The van der Waals surface area contributed by atoms with Crippen molar-refractivity contribution in [1.82, 2.24) is 9.71 Å². The second-order valence-electron chi connectivity index (χ2n) is 7.07. The van der Waals surface area contributed by atoms with Crippen LogP contribution in [0.3, 0.4) is 0 Å². The highest BCUT2D eigenvalue weighted by Gasteiger charge is 2.13. The van der Waals surface area contributed by atoms with Gasteiger partial charge in [0.15, 0.2) is 0 Å². The van der Waals surface area contributed by atoms with Crippen LogP contribution in [0.1, 0.15) is 36.5 Å². The third-order valence-corrected chi connectivity index (χ3v) is 6.13. The first-order valence-corrected chi connectivity index (χ1v) is 10.5. The number of hydrogen-bond acceptors (Lipinski definition) is 3. The van der Waals surface area contributed by atoms with E-state index in [0.29, 0.717) is 24.4 Å². The maximum Gasteiger partial charge on any atom is 0.251 e. The van der Waals surface area contributed by atoms with Gasteiger partial charge in [-0.1, -0.05) is 32.0 Å². The lowest BCUT2D eigenvalue weighted by atomic mass is 10.0. The fourth-order valence-corrected chi connectivity index (χ4v) is 4.00. The molecule has 6 heteroatoms. The molecule has 2 aromatic carbocycles. The van der Waals surface area contributed by atoms with Gasteiger partial charge in [-0.3, -0.25) is 4.79 Å². The summed E-state index contributed by atoms with van der Waals surface area (Å²) in [5, 5.41) is 0.941. The van der Waals surface area contributed by atoms with E-state index in [2.05, 4.69) is 23.6 Å². The van der Waals surface area contributed by atoms with E-state index in [1.54, 1.807) is 19.1 Å². The molecule has 0 aliphatic heterocycles. The molecule has 0 bridgehead atoms. The molecular weight excluding hydrogens is 360 g/mol. The van der Waals surface area contributed by atoms with E-state index in [-0.39, 0.29) is 10.5 Å². The highest BCUT2D eigenvalue weighted by Crippen LogP contribution is 2.17. The Morgan fingerprint density at radius 3 is 2.41 bits per heavy atom. The Kier molecular flexibility index (Phi) is 5.48. The monoisotopic (exact) mass is 384 g/mol. The molecule has 5 nitrogen and oxygen atoms in total. The predicted molar refractivity (Wildman–Crippen MR) is 109 cm³/mol. The number of rotatable bonds is 6. The summed E-state index contributed by atoms with van der Waals surface area (Å²) in [5.41, 5.74) is 3.46. The first kappa shape index (κ1) is 19.3. The van der Waals surface area contributed by atoms with Crippen molar-refractivity contribution in [3.8, 4) is 0 Å². The molecule has 142 valence electrons. The van der Waals surface area contributed by atoms with Crippen molar-refractivity contribution < 1.29 is 8.42 Å². The van der Waals surface area contributed by atoms with Crippen LogP contribution in [-0.2, 0) is 16.4 Å². The molecule has 0 spiro atoms. The second-order valence-corrected chi connectivity index (χ2v) is 8.84. The Morgan fingerprint density at radius 2 is 1.74 bits per heavy atom. The average Bonchev–Trinajstić information content (AvgIpc) is 2.63. The molecule has 0 amide bonds. The number of benzene rings is 2. The molecule has 0 aliphatic rings. The Bertz CT molecular complexity index is 1110. The van der Waals surface area contributed by atoms with Crippen LogP contribution in [0.4, 0.5) is 0 Å². The van der Waals surface area contributed by atoms with Gasteiger partial charge in [-0.25, -0.2) is 13.1 Å². The van der Waals surface area contributed by atoms with Crippen LogP contribution < -0.4 is 10.3 Å². The molecule has 27 heavy (non-hydrogen) atoms. The number of pyridine rings is 1. The lowest BCUT2D eigenvalue weighted by molar-refractivity contribution is 0.581. The van der Waals surface area contributed by atoms with Crippen molar-refractivity contribution in [1.29, 1.82) is 0 Å². The molecule has 0 fully saturated rings. The third kappa shape index (κ3) is 4.46. The SMILES string of the molecule is Cc1cc2cc(CCNS(=O)(=O)c3ccc(C(C)C)cc3)ccc2[nH]c1=O. The number of sulfonamides is 1. The lowest BCUT2D eigenvalue weighted by Crippen LogP contribution is -2.26. The summed E-state index contributed by atoms with van der Waals surface area (Å²) in [6.07, 6.45) is 0.567. The number of aromatic nitrogens is 1. The molecule has 2 N–H and O–H groups in total. The topological polar surface area (TPSA) is 79.0 Å². The maximum absolute atomic E-state index is 12.4. The Morgan fingerprint density at radius 1 is 1.04 bits per heavy atom. The minimum atomic E-state index is -3.53. The van der Waals surface area contributed by atoms with Gasteiger partial charge < -0.3 is 4.98 Å². The molecule has 1 heterocycles. The van der Waals surface area contributed by atoms with Gasteiger partial charge in [-0.2, -0.15) is 0 Å². The van der Waals surface area contributed by atoms with Crippen LogP contribution in [0, 0.1) is 6.92 Å². The van der Waals surface area contributed by atoms with Crippen LogP contribution in [0.2, 0.25) is 0 Å². The standard InChI is InChI=1S/C21H24N2O3S/c1-14(2)17-5-7-19(8-6-17)27(25,26)22-11-10-16-4-9-20-18(13-16)12-15(3)21(24)23-20/h4-9,12-14,22H,10-11H2,1-3H3,(H,23,24). The van der Waals surface area contributed by atoms with Gasteiger partial charge in [0.1, 0.15) is 0 Å². The molecule has 0 radical (unpaired) electrons. The van der Waals surface area contributed by atoms with Crippen LogP contribution in [0.15, 0.2) is 58.2 Å². The summed E-state index contributed by atoms with van der Waals surface area (Å²) in [6, 6.07) is 14.6. The molecule has 3 aromatic rings. The maximum atomic E-state index is 12.4. The molecule has 0 saturated carbocycles. The fraction of sp³-hybridized carbons (Fsp3) is 0.286. The van der Waals surface area contributed by atoms with E-state index in [0.717, 1.165) is 22.0 Å². The fourth-order valence-electron chi connectivity index (χ4n) is 2.97. The summed E-state index contributed by atoms with van der Waals surface area (Å²) in [5.74, 6) is 0.362. The van der Waals surface area contributed by atoms with Crippen LogP contribution in [-0.4, -0.2) is 19.9 Å². The van der Waals surface area contributed by atoms with E-state index in [1.807, 2.05) is 36.4 Å². The molecule has 1 aromatic heterocycles. The Hall–Kier alpha value is -2.44. The number of hydrogen-bond donors (Lipinski definition) is 2. The first-order valence-electron chi connectivity index (χ1n) is 8.98.